The fourth-order valence-corrected chi connectivity index (χ4v) is 1.98. The quantitative estimate of drug-likeness (QED) is 0.506. The van der Waals surface area contributed by atoms with Crippen LogP contribution < -0.4 is 5.32 Å². The third kappa shape index (κ3) is 4.81. The van der Waals surface area contributed by atoms with Crippen LogP contribution in [-0.4, -0.2) is 25.0 Å². The van der Waals surface area contributed by atoms with Gasteiger partial charge < -0.3 is 10.1 Å². The van der Waals surface area contributed by atoms with Gasteiger partial charge in [0, 0.05) is 11.1 Å². The molecule has 0 aliphatic rings. The molecule has 2 aromatic carbocycles. The van der Waals surface area contributed by atoms with Crippen molar-refractivity contribution in [3.8, 4) is 11.1 Å². The van der Waals surface area contributed by atoms with Gasteiger partial charge in [-0.1, -0.05) is 49.0 Å². The van der Waals surface area contributed by atoms with Gasteiger partial charge in [0.1, 0.15) is 6.61 Å². The van der Waals surface area contributed by atoms with Crippen molar-refractivity contribution >= 4 is 11.9 Å². The van der Waals surface area contributed by atoms with Crippen molar-refractivity contribution in [2.45, 2.75) is 6.92 Å². The largest absolute Gasteiger partial charge is 0.460 e. The van der Waals surface area contributed by atoms with Gasteiger partial charge in [-0.05, 0) is 30.2 Å². The highest BCUT2D eigenvalue weighted by Gasteiger charge is 2.07. The fourth-order valence-electron chi connectivity index (χ4n) is 1.98. The van der Waals surface area contributed by atoms with Crippen LogP contribution in [0.4, 0.5) is 0 Å². The van der Waals surface area contributed by atoms with Crippen LogP contribution in [-0.2, 0) is 9.53 Å². The highest BCUT2D eigenvalue weighted by Crippen LogP contribution is 2.19. The second-order valence-corrected chi connectivity index (χ2v) is 5.12. The second-order valence-electron chi connectivity index (χ2n) is 5.12. The molecule has 0 aliphatic heterocycles. The Morgan fingerprint density at radius 3 is 2.22 bits per heavy atom. The standard InChI is InChI=1S/C19H19NO3/c1-14(2)19(22)23-13-12-20-18(21)17-10-8-16(9-11-17)15-6-4-3-5-7-15/h3-11H,1,12-13H2,2H3,(H,20,21). The maximum atomic E-state index is 12.0. The first-order valence-electron chi connectivity index (χ1n) is 7.34. The van der Waals surface area contributed by atoms with E-state index in [1.54, 1.807) is 19.1 Å². The van der Waals surface area contributed by atoms with E-state index in [1.807, 2.05) is 42.5 Å². The molecule has 0 aromatic heterocycles. The Morgan fingerprint density at radius 1 is 1.00 bits per heavy atom. The third-order valence-corrected chi connectivity index (χ3v) is 3.22. The lowest BCUT2D eigenvalue weighted by Crippen LogP contribution is -2.28. The Labute approximate surface area is 135 Å². The fraction of sp³-hybridized carbons (Fsp3) is 0.158. The number of rotatable bonds is 6. The Balaban J connectivity index is 1.86. The van der Waals surface area contributed by atoms with E-state index in [0.29, 0.717) is 11.1 Å². The smallest absolute Gasteiger partial charge is 0.333 e. The van der Waals surface area contributed by atoms with Gasteiger partial charge in [0.25, 0.3) is 5.91 Å². The molecule has 2 aromatic rings. The zero-order valence-electron chi connectivity index (χ0n) is 13.0. The highest BCUT2D eigenvalue weighted by molar-refractivity contribution is 5.94. The summed E-state index contributed by atoms with van der Waals surface area (Å²) in [7, 11) is 0. The number of nitrogens with one attached hydrogen (secondary N) is 1. The Morgan fingerprint density at radius 2 is 1.61 bits per heavy atom. The van der Waals surface area contributed by atoms with E-state index in [-0.39, 0.29) is 19.1 Å². The van der Waals surface area contributed by atoms with Gasteiger partial charge in [0.2, 0.25) is 0 Å². The van der Waals surface area contributed by atoms with Crippen molar-refractivity contribution in [2.75, 3.05) is 13.2 Å². The molecule has 0 saturated carbocycles. The Bertz CT molecular complexity index is 690. The van der Waals surface area contributed by atoms with Gasteiger partial charge in [-0.3, -0.25) is 4.79 Å². The number of carbonyl (C=O) groups excluding carboxylic acids is 2. The molecule has 4 heteroatoms. The van der Waals surface area contributed by atoms with Crippen molar-refractivity contribution in [1.82, 2.24) is 5.32 Å². The van der Waals surface area contributed by atoms with E-state index >= 15 is 0 Å². The molecule has 0 saturated heterocycles. The molecule has 0 unspecified atom stereocenters. The van der Waals surface area contributed by atoms with Crippen molar-refractivity contribution in [1.29, 1.82) is 0 Å². The monoisotopic (exact) mass is 309 g/mol. The van der Waals surface area contributed by atoms with E-state index in [2.05, 4.69) is 11.9 Å². The summed E-state index contributed by atoms with van der Waals surface area (Å²) in [6.07, 6.45) is 0. The first-order valence-corrected chi connectivity index (χ1v) is 7.34. The van der Waals surface area contributed by atoms with Crippen LogP contribution >= 0.6 is 0 Å². The van der Waals surface area contributed by atoms with E-state index in [9.17, 15) is 9.59 Å². The Kier molecular flexibility index (Phi) is 5.69. The van der Waals surface area contributed by atoms with Gasteiger partial charge >= 0.3 is 5.97 Å². The number of esters is 1. The normalized spacial score (nSPS) is 9.96. The molecule has 0 spiro atoms. The number of benzene rings is 2. The SMILES string of the molecule is C=C(C)C(=O)OCCNC(=O)c1ccc(-c2ccccc2)cc1. The molecule has 0 atom stereocenters. The van der Waals surface area contributed by atoms with Crippen LogP contribution in [0.1, 0.15) is 17.3 Å². The molecule has 23 heavy (non-hydrogen) atoms. The average molecular weight is 309 g/mol. The zero-order chi connectivity index (χ0) is 16.7. The minimum Gasteiger partial charge on any atom is -0.460 e. The lowest BCUT2D eigenvalue weighted by Gasteiger charge is -2.07. The zero-order valence-corrected chi connectivity index (χ0v) is 13.0. The number of hydrogen-bond acceptors (Lipinski definition) is 3. The van der Waals surface area contributed by atoms with E-state index < -0.39 is 5.97 Å². The number of hydrogen-bond donors (Lipinski definition) is 1. The predicted molar refractivity (Wildman–Crippen MR) is 90.0 cm³/mol. The molecule has 0 aliphatic carbocycles. The summed E-state index contributed by atoms with van der Waals surface area (Å²) in [4.78, 5) is 23.2. The van der Waals surface area contributed by atoms with E-state index in [4.69, 9.17) is 4.74 Å². The first-order chi connectivity index (χ1) is 11.1. The molecule has 0 bridgehead atoms. The van der Waals surface area contributed by atoms with Crippen molar-refractivity contribution in [3.63, 3.8) is 0 Å². The molecule has 0 radical (unpaired) electrons. The molecule has 1 amide bonds. The molecule has 0 fully saturated rings. The van der Waals surface area contributed by atoms with Crippen LogP contribution in [0.3, 0.4) is 0 Å². The summed E-state index contributed by atoms with van der Waals surface area (Å²) < 4.78 is 4.91. The van der Waals surface area contributed by atoms with E-state index in [1.165, 1.54) is 0 Å². The summed E-state index contributed by atoms with van der Waals surface area (Å²) in [6, 6.07) is 17.3. The van der Waals surface area contributed by atoms with Crippen molar-refractivity contribution in [2.24, 2.45) is 0 Å². The summed E-state index contributed by atoms with van der Waals surface area (Å²) >= 11 is 0. The van der Waals surface area contributed by atoms with Gasteiger partial charge in [-0.2, -0.15) is 0 Å². The summed E-state index contributed by atoms with van der Waals surface area (Å²) in [5, 5.41) is 2.71. The summed E-state index contributed by atoms with van der Waals surface area (Å²) in [5.74, 6) is -0.651. The van der Waals surface area contributed by atoms with Crippen LogP contribution in [0.25, 0.3) is 11.1 Å². The van der Waals surface area contributed by atoms with Crippen LogP contribution in [0, 0.1) is 0 Å². The summed E-state index contributed by atoms with van der Waals surface area (Å²) in [6.45, 7) is 5.45. The highest BCUT2D eigenvalue weighted by atomic mass is 16.5. The maximum Gasteiger partial charge on any atom is 0.333 e. The Hall–Kier alpha value is -2.88. The average Bonchev–Trinajstić information content (AvgIpc) is 2.59. The first kappa shape index (κ1) is 16.5. The predicted octanol–water partition coefficient (Wildman–Crippen LogP) is 3.20. The van der Waals surface area contributed by atoms with Gasteiger partial charge in [0.15, 0.2) is 0 Å². The number of carbonyl (C=O) groups is 2. The van der Waals surface area contributed by atoms with Gasteiger partial charge in [-0.15, -0.1) is 0 Å². The van der Waals surface area contributed by atoms with Crippen LogP contribution in [0.5, 0.6) is 0 Å². The molecular formula is C19H19NO3. The van der Waals surface area contributed by atoms with Crippen LogP contribution in [0.2, 0.25) is 0 Å². The number of ether oxygens (including phenoxy) is 1. The topological polar surface area (TPSA) is 55.4 Å². The minimum absolute atomic E-state index is 0.125. The second kappa shape index (κ2) is 7.94. The van der Waals surface area contributed by atoms with E-state index in [0.717, 1.165) is 11.1 Å². The molecule has 0 heterocycles. The van der Waals surface area contributed by atoms with Gasteiger partial charge in [-0.25, -0.2) is 4.79 Å². The molecular weight excluding hydrogens is 290 g/mol. The minimum atomic E-state index is -0.452. The third-order valence-electron chi connectivity index (χ3n) is 3.22. The van der Waals surface area contributed by atoms with Gasteiger partial charge in [0.05, 0.1) is 6.54 Å². The number of amides is 1. The van der Waals surface area contributed by atoms with Crippen LogP contribution in [0.15, 0.2) is 66.7 Å². The molecule has 118 valence electrons. The maximum absolute atomic E-state index is 12.0. The molecule has 4 nitrogen and oxygen atoms in total. The molecule has 2 rings (SSSR count). The lowest BCUT2D eigenvalue weighted by atomic mass is 10.0. The van der Waals surface area contributed by atoms with Crippen molar-refractivity contribution in [3.05, 3.63) is 72.3 Å². The summed E-state index contributed by atoms with van der Waals surface area (Å²) in [5.41, 5.74) is 3.06. The molecule has 1 N–H and O–H groups in total. The lowest BCUT2D eigenvalue weighted by molar-refractivity contribution is -0.138. The van der Waals surface area contributed by atoms with Crippen molar-refractivity contribution < 1.29 is 14.3 Å².